The Kier molecular flexibility index (Phi) is 2.52. The fourth-order valence-electron chi connectivity index (χ4n) is 2.11. The van der Waals surface area contributed by atoms with E-state index in [4.69, 9.17) is 5.11 Å². The number of aromatic carboxylic acids is 1. The molecule has 6 heteroatoms. The van der Waals surface area contributed by atoms with E-state index in [1.807, 2.05) is 6.20 Å². The molecule has 3 rings (SSSR count). The number of aromatic nitrogens is 2. The van der Waals surface area contributed by atoms with E-state index in [1.54, 1.807) is 13.1 Å². The van der Waals surface area contributed by atoms with E-state index in [-0.39, 0.29) is 0 Å². The lowest BCUT2D eigenvalue weighted by Gasteiger charge is -2.15. The summed E-state index contributed by atoms with van der Waals surface area (Å²) in [7, 11) is 1.77. The summed E-state index contributed by atoms with van der Waals surface area (Å²) in [4.78, 5) is 21.1. The van der Waals surface area contributed by atoms with Gasteiger partial charge < -0.3 is 10.4 Å². The number of aryl methyl sites for hydroxylation is 2. The number of nitrogens with zero attached hydrogens (tertiary/aromatic N) is 2. The van der Waals surface area contributed by atoms with Gasteiger partial charge in [0.1, 0.15) is 4.88 Å². The van der Waals surface area contributed by atoms with Gasteiger partial charge in [0.15, 0.2) is 0 Å². The highest BCUT2D eigenvalue weighted by atomic mass is 32.1. The lowest BCUT2D eigenvalue weighted by molar-refractivity contribution is 0.0702. The summed E-state index contributed by atoms with van der Waals surface area (Å²) in [6.07, 6.45) is 3.55. The molecule has 0 saturated heterocycles. The zero-order valence-corrected chi connectivity index (χ0v) is 10.5. The molecular formula is C12H11N3O2S. The minimum atomic E-state index is -0.876. The van der Waals surface area contributed by atoms with Crippen LogP contribution in [0.15, 0.2) is 12.3 Å². The number of carbonyl (C=O) groups is 1. The van der Waals surface area contributed by atoms with Crippen molar-refractivity contribution in [2.45, 2.75) is 12.8 Å². The lowest BCUT2D eigenvalue weighted by Crippen LogP contribution is -2.06. The predicted molar refractivity (Wildman–Crippen MR) is 69.3 cm³/mol. The van der Waals surface area contributed by atoms with Crippen molar-refractivity contribution in [1.82, 2.24) is 9.97 Å². The van der Waals surface area contributed by atoms with Crippen LogP contribution in [0.3, 0.4) is 0 Å². The van der Waals surface area contributed by atoms with Gasteiger partial charge in [0.25, 0.3) is 0 Å². The van der Waals surface area contributed by atoms with Crippen LogP contribution in [-0.4, -0.2) is 28.1 Å². The van der Waals surface area contributed by atoms with Crippen LogP contribution >= 0.6 is 11.3 Å². The number of nitrogens with one attached hydrogen (secondary N) is 1. The Hall–Kier alpha value is -1.95. The molecule has 0 aromatic carbocycles. The minimum absolute atomic E-state index is 0.373. The molecule has 18 heavy (non-hydrogen) atoms. The number of hydrogen-bond acceptors (Lipinski definition) is 5. The number of thiophene rings is 1. The number of carboxylic acid groups (broad SMARTS) is 1. The van der Waals surface area contributed by atoms with Gasteiger partial charge in [-0.3, -0.25) is 0 Å². The van der Waals surface area contributed by atoms with Gasteiger partial charge in [-0.25, -0.2) is 14.8 Å². The minimum Gasteiger partial charge on any atom is -0.477 e. The first-order chi connectivity index (χ1) is 8.69. The molecule has 0 fully saturated rings. The third kappa shape index (κ3) is 1.65. The van der Waals surface area contributed by atoms with Gasteiger partial charge in [0.05, 0.1) is 5.69 Å². The molecule has 2 aromatic rings. The van der Waals surface area contributed by atoms with Gasteiger partial charge in [-0.2, -0.15) is 0 Å². The summed E-state index contributed by atoms with van der Waals surface area (Å²) in [6.45, 7) is 0. The van der Waals surface area contributed by atoms with Crippen molar-refractivity contribution < 1.29 is 9.90 Å². The Bertz CT molecular complexity index is 636. The highest BCUT2D eigenvalue weighted by Gasteiger charge is 2.23. The molecule has 2 N–H and O–H groups in total. The van der Waals surface area contributed by atoms with Crippen molar-refractivity contribution >= 4 is 23.3 Å². The van der Waals surface area contributed by atoms with Crippen LogP contribution in [0.4, 0.5) is 5.95 Å². The Morgan fingerprint density at radius 2 is 2.33 bits per heavy atom. The first-order valence-electron chi connectivity index (χ1n) is 5.59. The first-order valence-corrected chi connectivity index (χ1v) is 6.40. The van der Waals surface area contributed by atoms with Crippen LogP contribution in [0.1, 0.15) is 20.1 Å². The summed E-state index contributed by atoms with van der Waals surface area (Å²) >= 11 is 1.34. The summed E-state index contributed by atoms with van der Waals surface area (Å²) in [5.41, 5.74) is 2.88. The fourth-order valence-corrected chi connectivity index (χ4v) is 3.11. The van der Waals surface area contributed by atoms with Crippen LogP contribution in [0.2, 0.25) is 0 Å². The molecule has 2 aromatic heterocycles. The van der Waals surface area contributed by atoms with Gasteiger partial charge in [0, 0.05) is 23.7 Å². The monoisotopic (exact) mass is 261 g/mol. The highest BCUT2D eigenvalue weighted by molar-refractivity contribution is 7.14. The molecule has 0 atom stereocenters. The van der Waals surface area contributed by atoms with Gasteiger partial charge in [0.2, 0.25) is 5.95 Å². The van der Waals surface area contributed by atoms with Crippen LogP contribution in [0, 0.1) is 0 Å². The fraction of sp³-hybridized carbons (Fsp3) is 0.250. The van der Waals surface area contributed by atoms with Crippen LogP contribution in [0.25, 0.3) is 11.3 Å². The quantitative estimate of drug-likeness (QED) is 0.865. The van der Waals surface area contributed by atoms with Crippen molar-refractivity contribution in [3.05, 3.63) is 27.6 Å². The Labute approximate surface area is 108 Å². The van der Waals surface area contributed by atoms with Crippen molar-refractivity contribution in [3.63, 3.8) is 0 Å². The molecule has 1 aliphatic rings. The molecule has 0 radical (unpaired) electrons. The molecule has 0 spiro atoms. The second-order valence-corrected chi connectivity index (χ2v) is 5.21. The summed E-state index contributed by atoms with van der Waals surface area (Å²) in [5, 5.41) is 12.0. The molecule has 0 aliphatic heterocycles. The second kappa shape index (κ2) is 4.06. The van der Waals surface area contributed by atoms with Crippen molar-refractivity contribution in [1.29, 1.82) is 0 Å². The van der Waals surface area contributed by atoms with E-state index >= 15 is 0 Å². The first kappa shape index (κ1) is 11.2. The Morgan fingerprint density at radius 1 is 1.50 bits per heavy atom. The zero-order valence-electron chi connectivity index (χ0n) is 9.73. The molecule has 92 valence electrons. The normalized spacial score (nSPS) is 12.7. The van der Waals surface area contributed by atoms with Gasteiger partial charge in [-0.15, -0.1) is 11.3 Å². The number of anilines is 1. The summed E-state index contributed by atoms with van der Waals surface area (Å²) < 4.78 is 0. The van der Waals surface area contributed by atoms with Gasteiger partial charge in [-0.1, -0.05) is 0 Å². The summed E-state index contributed by atoms with van der Waals surface area (Å²) in [5.74, 6) is -0.316. The molecular weight excluding hydrogens is 250 g/mol. The van der Waals surface area contributed by atoms with Gasteiger partial charge in [-0.05, 0) is 24.5 Å². The second-order valence-electron chi connectivity index (χ2n) is 4.07. The molecule has 1 aliphatic carbocycles. The maximum Gasteiger partial charge on any atom is 0.345 e. The average Bonchev–Trinajstić information content (AvgIpc) is 2.82. The molecule has 2 heterocycles. The van der Waals surface area contributed by atoms with E-state index in [0.29, 0.717) is 10.8 Å². The number of fused-ring (bicyclic) bond motifs is 3. The van der Waals surface area contributed by atoms with Gasteiger partial charge >= 0.3 is 5.97 Å². The predicted octanol–water partition coefficient (Wildman–Crippen LogP) is 2.04. The lowest BCUT2D eigenvalue weighted by atomic mass is 9.96. The van der Waals surface area contributed by atoms with Crippen molar-refractivity contribution in [2.75, 3.05) is 12.4 Å². The van der Waals surface area contributed by atoms with E-state index in [9.17, 15) is 4.79 Å². The molecule has 0 unspecified atom stereocenters. The topological polar surface area (TPSA) is 75.1 Å². The molecule has 0 bridgehead atoms. The molecule has 0 amide bonds. The highest BCUT2D eigenvalue weighted by Crippen LogP contribution is 2.37. The summed E-state index contributed by atoms with van der Waals surface area (Å²) in [6, 6.07) is 1.72. The van der Waals surface area contributed by atoms with Crippen molar-refractivity contribution in [3.8, 4) is 11.3 Å². The molecule has 0 saturated carbocycles. The van der Waals surface area contributed by atoms with Crippen molar-refractivity contribution in [2.24, 2.45) is 0 Å². The third-order valence-corrected chi connectivity index (χ3v) is 4.17. The van der Waals surface area contributed by atoms with E-state index < -0.39 is 5.97 Å². The van der Waals surface area contributed by atoms with E-state index in [1.165, 1.54) is 11.3 Å². The number of hydrogen-bond donors (Lipinski definition) is 2. The van der Waals surface area contributed by atoms with E-state index in [0.717, 1.165) is 34.5 Å². The smallest absolute Gasteiger partial charge is 0.345 e. The third-order valence-electron chi connectivity index (χ3n) is 2.98. The van der Waals surface area contributed by atoms with E-state index in [2.05, 4.69) is 15.3 Å². The number of rotatable bonds is 2. The Balaban J connectivity index is 2.17. The van der Waals surface area contributed by atoms with Crippen LogP contribution in [0.5, 0.6) is 0 Å². The zero-order chi connectivity index (χ0) is 12.7. The van der Waals surface area contributed by atoms with Crippen LogP contribution in [-0.2, 0) is 12.8 Å². The standard InChI is InChI=1S/C12H11N3O2S/c1-13-12-14-5-6-2-3-8-7(10(6)15-12)4-9(18-8)11(16)17/h4-5H,2-3H2,1H3,(H,16,17)(H,13,14,15). The largest absolute Gasteiger partial charge is 0.477 e. The maximum absolute atomic E-state index is 11.0. The average molecular weight is 261 g/mol. The number of carboxylic acids is 1. The van der Waals surface area contributed by atoms with Crippen LogP contribution < -0.4 is 5.32 Å². The SMILES string of the molecule is CNc1ncc2c(n1)-c1cc(C(=O)O)sc1CC2. The molecule has 5 nitrogen and oxygen atoms in total. The maximum atomic E-state index is 11.0. The Morgan fingerprint density at radius 3 is 3.06 bits per heavy atom.